The van der Waals surface area contributed by atoms with Crippen LogP contribution < -0.4 is 20.9 Å². The maximum absolute atomic E-state index is 11.8. The summed E-state index contributed by atoms with van der Waals surface area (Å²) >= 11 is 0. The number of benzene rings is 1. The first-order valence-corrected chi connectivity index (χ1v) is 8.71. The quantitative estimate of drug-likeness (QED) is 0.711. The molecule has 7 heteroatoms. The number of fused-ring (bicyclic) bond motifs is 1. The van der Waals surface area contributed by atoms with Crippen LogP contribution in [0.25, 0.3) is 10.9 Å². The number of ether oxygens (including phenoxy) is 2. The maximum atomic E-state index is 11.8. The van der Waals surface area contributed by atoms with Gasteiger partial charge in [-0.1, -0.05) is 0 Å². The number of hydrogen-bond acceptors (Lipinski definition) is 5. The molecule has 1 aliphatic rings. The molecule has 3 N–H and O–H groups in total. The number of nitrogens with one attached hydrogen (secondary N) is 3. The molecule has 136 valence electrons. The van der Waals surface area contributed by atoms with E-state index in [1.54, 1.807) is 7.11 Å². The average molecular weight is 346 g/mol. The second-order valence-electron chi connectivity index (χ2n) is 6.07. The molecular weight excluding hydrogens is 320 g/mol. The van der Waals surface area contributed by atoms with Crippen LogP contribution in [0.4, 0.5) is 0 Å². The Morgan fingerprint density at radius 1 is 1.32 bits per heavy atom. The average Bonchev–Trinajstić information content (AvgIpc) is 3.22. The Hall–Kier alpha value is -2.09. The molecule has 2 aromatic rings. The highest BCUT2D eigenvalue weighted by Gasteiger charge is 2.28. The topological polar surface area (TPSA) is 76.5 Å². The van der Waals surface area contributed by atoms with E-state index in [9.17, 15) is 4.79 Å². The van der Waals surface area contributed by atoms with Gasteiger partial charge in [0.2, 0.25) is 5.91 Å². The molecule has 0 bridgehead atoms. The largest absolute Gasteiger partial charge is 0.497 e. The lowest BCUT2D eigenvalue weighted by molar-refractivity contribution is -0.126. The first-order chi connectivity index (χ1) is 12.2. The Bertz CT molecular complexity index is 743. The number of hydrogen-bond donors (Lipinski definition) is 3. The highest BCUT2D eigenvalue weighted by Crippen LogP contribution is 2.30. The Labute approximate surface area is 147 Å². The zero-order chi connectivity index (χ0) is 17.8. The van der Waals surface area contributed by atoms with Gasteiger partial charge in [0.15, 0.2) is 0 Å². The zero-order valence-electron chi connectivity index (χ0n) is 15.0. The van der Waals surface area contributed by atoms with E-state index in [0.717, 1.165) is 24.2 Å². The van der Waals surface area contributed by atoms with Gasteiger partial charge in [-0.05, 0) is 32.0 Å². The van der Waals surface area contributed by atoms with Gasteiger partial charge in [-0.15, -0.1) is 0 Å². The number of aryl methyl sites for hydroxylation is 1. The Kier molecular flexibility index (Phi) is 5.57. The van der Waals surface area contributed by atoms with Crippen LogP contribution in [0.1, 0.15) is 32.0 Å². The molecule has 0 spiro atoms. The molecular formula is C18H26N4O3. The summed E-state index contributed by atoms with van der Waals surface area (Å²) in [6.07, 6.45) is 0.654. The van der Waals surface area contributed by atoms with E-state index in [-0.39, 0.29) is 24.7 Å². The first kappa shape index (κ1) is 17.7. The molecule has 0 aliphatic carbocycles. The van der Waals surface area contributed by atoms with Crippen LogP contribution in [0.2, 0.25) is 0 Å². The van der Waals surface area contributed by atoms with E-state index in [0.29, 0.717) is 6.61 Å². The Morgan fingerprint density at radius 3 is 2.88 bits per heavy atom. The number of amides is 1. The smallest absolute Gasteiger partial charge is 0.247 e. The van der Waals surface area contributed by atoms with Crippen molar-refractivity contribution in [2.45, 2.75) is 39.0 Å². The molecule has 7 nitrogen and oxygen atoms in total. The molecule has 1 fully saturated rings. The summed E-state index contributed by atoms with van der Waals surface area (Å²) in [6.45, 7) is 5.50. The van der Waals surface area contributed by atoms with Crippen molar-refractivity contribution in [2.75, 3.05) is 20.3 Å². The van der Waals surface area contributed by atoms with E-state index in [1.807, 2.05) is 13.0 Å². The predicted octanol–water partition coefficient (Wildman–Crippen LogP) is 1.69. The fourth-order valence-electron chi connectivity index (χ4n) is 3.30. The summed E-state index contributed by atoms with van der Waals surface area (Å²) in [5.41, 5.74) is 8.80. The van der Waals surface area contributed by atoms with Crippen LogP contribution in [0, 0.1) is 0 Å². The predicted molar refractivity (Wildman–Crippen MR) is 96.2 cm³/mol. The molecule has 0 radical (unpaired) electrons. The standard InChI is InChI=1S/C18H26N4O3/c1-4-22-15-9-13(24-3)7-6-12(15)8-16(22)14-10-17(21-20-14)19-18(23)11-25-5-2/h6-9,14,17,20-21H,4-5,10-11H2,1-3H3,(H,19,23). The van der Waals surface area contributed by atoms with Crippen molar-refractivity contribution >= 4 is 16.8 Å². The minimum atomic E-state index is -0.115. The van der Waals surface area contributed by atoms with E-state index < -0.39 is 0 Å². The van der Waals surface area contributed by atoms with Gasteiger partial charge in [0.25, 0.3) is 0 Å². The van der Waals surface area contributed by atoms with Crippen LogP contribution in [0.15, 0.2) is 24.3 Å². The molecule has 1 saturated heterocycles. The highest BCUT2D eigenvalue weighted by atomic mass is 16.5. The summed E-state index contributed by atoms with van der Waals surface area (Å²) in [5.74, 6) is 0.744. The van der Waals surface area contributed by atoms with E-state index in [2.05, 4.69) is 45.9 Å². The van der Waals surface area contributed by atoms with Gasteiger partial charge in [-0.2, -0.15) is 0 Å². The lowest BCUT2D eigenvalue weighted by Crippen LogP contribution is -2.45. The molecule has 1 aromatic carbocycles. The van der Waals surface area contributed by atoms with Crippen molar-refractivity contribution < 1.29 is 14.3 Å². The molecule has 2 heterocycles. The van der Waals surface area contributed by atoms with Crippen molar-refractivity contribution in [3.8, 4) is 5.75 Å². The van der Waals surface area contributed by atoms with Gasteiger partial charge < -0.3 is 19.4 Å². The Balaban J connectivity index is 1.75. The Morgan fingerprint density at radius 2 is 2.16 bits per heavy atom. The molecule has 1 aromatic heterocycles. The van der Waals surface area contributed by atoms with Crippen LogP contribution in [0.5, 0.6) is 5.75 Å². The molecule has 3 rings (SSSR count). The van der Waals surface area contributed by atoms with Crippen LogP contribution in [-0.2, 0) is 16.1 Å². The summed E-state index contributed by atoms with van der Waals surface area (Å²) in [4.78, 5) is 11.8. The third kappa shape index (κ3) is 3.78. The van der Waals surface area contributed by atoms with Gasteiger partial charge in [0.05, 0.1) is 24.8 Å². The number of carbonyl (C=O) groups is 1. The van der Waals surface area contributed by atoms with Crippen molar-refractivity contribution in [1.82, 2.24) is 20.7 Å². The number of carbonyl (C=O) groups excluding carboxylic acids is 1. The van der Waals surface area contributed by atoms with Gasteiger partial charge in [-0.3, -0.25) is 4.79 Å². The SMILES string of the molecule is CCOCC(=O)NC1CC(c2cc3ccc(OC)cc3n2CC)NN1. The maximum Gasteiger partial charge on any atom is 0.247 e. The van der Waals surface area contributed by atoms with Crippen molar-refractivity contribution in [1.29, 1.82) is 0 Å². The number of methoxy groups -OCH3 is 1. The van der Waals surface area contributed by atoms with Crippen LogP contribution in [-0.4, -0.2) is 37.0 Å². The summed E-state index contributed by atoms with van der Waals surface area (Å²) in [7, 11) is 1.68. The summed E-state index contributed by atoms with van der Waals surface area (Å²) in [5, 5.41) is 4.12. The second-order valence-corrected chi connectivity index (χ2v) is 6.07. The summed E-state index contributed by atoms with van der Waals surface area (Å²) in [6, 6.07) is 8.43. The fourth-order valence-corrected chi connectivity index (χ4v) is 3.30. The molecule has 25 heavy (non-hydrogen) atoms. The monoisotopic (exact) mass is 346 g/mol. The fraction of sp³-hybridized carbons (Fsp3) is 0.500. The van der Waals surface area contributed by atoms with Gasteiger partial charge in [-0.25, -0.2) is 10.9 Å². The molecule has 2 atom stereocenters. The normalized spacial score (nSPS) is 20.1. The van der Waals surface area contributed by atoms with Crippen LogP contribution >= 0.6 is 0 Å². The van der Waals surface area contributed by atoms with Gasteiger partial charge in [0.1, 0.15) is 12.4 Å². The van der Waals surface area contributed by atoms with Gasteiger partial charge in [0, 0.05) is 36.7 Å². The summed E-state index contributed by atoms with van der Waals surface area (Å²) < 4.78 is 12.8. The number of nitrogens with zero attached hydrogens (tertiary/aromatic N) is 1. The number of hydrazine groups is 1. The molecule has 2 unspecified atom stereocenters. The van der Waals surface area contributed by atoms with E-state index in [4.69, 9.17) is 9.47 Å². The van der Waals surface area contributed by atoms with Crippen molar-refractivity contribution in [2.24, 2.45) is 0 Å². The lowest BCUT2D eigenvalue weighted by atomic mass is 10.1. The first-order valence-electron chi connectivity index (χ1n) is 8.71. The number of rotatable bonds is 7. The lowest BCUT2D eigenvalue weighted by Gasteiger charge is -2.14. The van der Waals surface area contributed by atoms with Crippen molar-refractivity contribution in [3.05, 3.63) is 30.0 Å². The van der Waals surface area contributed by atoms with Gasteiger partial charge >= 0.3 is 0 Å². The second kappa shape index (κ2) is 7.86. The minimum Gasteiger partial charge on any atom is -0.497 e. The zero-order valence-corrected chi connectivity index (χ0v) is 15.0. The van der Waals surface area contributed by atoms with Crippen molar-refractivity contribution in [3.63, 3.8) is 0 Å². The van der Waals surface area contributed by atoms with E-state index >= 15 is 0 Å². The third-order valence-electron chi connectivity index (χ3n) is 4.49. The van der Waals surface area contributed by atoms with Crippen LogP contribution in [0.3, 0.4) is 0 Å². The molecule has 1 amide bonds. The minimum absolute atomic E-state index is 0.0916. The third-order valence-corrected chi connectivity index (χ3v) is 4.49. The molecule has 1 aliphatic heterocycles. The van der Waals surface area contributed by atoms with E-state index in [1.165, 1.54) is 11.1 Å². The number of aromatic nitrogens is 1. The molecule has 0 saturated carbocycles. The highest BCUT2D eigenvalue weighted by molar-refractivity contribution is 5.83.